The van der Waals surface area contributed by atoms with E-state index in [2.05, 4.69) is 20.0 Å². The Labute approximate surface area is 218 Å². The first-order valence-corrected chi connectivity index (χ1v) is 13.5. The number of benzene rings is 1. The standard InChI is InChI=1S/C21H28Cl2N6O6S/c1-2-34-21(31)35-17-6-4-10-29(17)19(30)16(5-3-7-25-20-26-8-9-27-20)28-36(32,33)13-11-14(22)18(24)15(23)12-13/h8-9,11-12,16-17,28H,2-7,10,24H2,1H3,(H2,25,26,27)/t16-,17+/m0/s1. The first-order valence-electron chi connectivity index (χ1n) is 11.3. The van der Waals surface area contributed by atoms with Crippen molar-refractivity contribution in [2.75, 3.05) is 30.7 Å². The average Bonchev–Trinajstić information content (AvgIpc) is 3.51. The summed E-state index contributed by atoms with van der Waals surface area (Å²) in [5.74, 6) is 0.0167. The molecule has 1 aromatic carbocycles. The molecule has 15 heteroatoms. The molecule has 2 heterocycles. The van der Waals surface area contributed by atoms with Crippen LogP contribution in [0.5, 0.6) is 0 Å². The molecule has 0 spiro atoms. The minimum Gasteiger partial charge on any atom is -0.435 e. The summed E-state index contributed by atoms with van der Waals surface area (Å²) in [5.41, 5.74) is 5.76. The Bertz CT molecular complexity index is 1140. The zero-order chi connectivity index (χ0) is 26.3. The number of sulfonamides is 1. The van der Waals surface area contributed by atoms with Crippen LogP contribution in [-0.2, 0) is 24.3 Å². The van der Waals surface area contributed by atoms with E-state index in [1.807, 2.05) is 0 Å². The van der Waals surface area contributed by atoms with Gasteiger partial charge in [0.1, 0.15) is 6.04 Å². The number of halogens is 2. The van der Waals surface area contributed by atoms with Crippen molar-refractivity contribution in [1.82, 2.24) is 19.6 Å². The molecule has 3 rings (SSSR count). The van der Waals surface area contributed by atoms with E-state index in [4.69, 9.17) is 38.4 Å². The number of nitrogens with two attached hydrogens (primary N) is 1. The Morgan fingerprint density at radius 1 is 1.33 bits per heavy atom. The second-order valence-electron chi connectivity index (χ2n) is 7.91. The predicted molar refractivity (Wildman–Crippen MR) is 134 cm³/mol. The van der Waals surface area contributed by atoms with Gasteiger partial charge in [-0.2, -0.15) is 4.72 Å². The molecule has 1 aromatic heterocycles. The van der Waals surface area contributed by atoms with Gasteiger partial charge < -0.3 is 30.4 Å². The number of ether oxygens (including phenoxy) is 2. The quantitative estimate of drug-likeness (QED) is 0.182. The molecule has 0 aliphatic carbocycles. The maximum atomic E-state index is 13.5. The van der Waals surface area contributed by atoms with Crippen molar-refractivity contribution in [3.8, 4) is 0 Å². The third-order valence-corrected chi connectivity index (χ3v) is 7.47. The largest absolute Gasteiger partial charge is 0.510 e. The fourth-order valence-corrected chi connectivity index (χ4v) is 5.54. The normalized spacial score (nSPS) is 16.5. The third kappa shape index (κ3) is 7.15. The number of imidazole rings is 1. The molecule has 1 aliphatic rings. The van der Waals surface area contributed by atoms with Crippen molar-refractivity contribution in [2.45, 2.75) is 49.8 Å². The minimum atomic E-state index is -4.22. The van der Waals surface area contributed by atoms with Gasteiger partial charge in [0.2, 0.25) is 15.9 Å². The molecular formula is C21H28Cl2N6O6S. The summed E-state index contributed by atoms with van der Waals surface area (Å²) in [6.45, 7) is 2.47. The number of carbonyl (C=O) groups is 2. The van der Waals surface area contributed by atoms with E-state index in [1.165, 1.54) is 4.90 Å². The van der Waals surface area contributed by atoms with E-state index in [-0.39, 0.29) is 33.7 Å². The van der Waals surface area contributed by atoms with Gasteiger partial charge in [-0.3, -0.25) is 4.79 Å². The average molecular weight is 563 g/mol. The lowest BCUT2D eigenvalue weighted by molar-refractivity contribution is -0.141. The van der Waals surface area contributed by atoms with E-state index in [1.54, 1.807) is 19.3 Å². The number of nitrogens with zero attached hydrogens (tertiary/aromatic N) is 2. The Morgan fingerprint density at radius 2 is 2.06 bits per heavy atom. The van der Waals surface area contributed by atoms with Crippen LogP contribution >= 0.6 is 23.2 Å². The number of aromatic nitrogens is 2. The molecular weight excluding hydrogens is 535 g/mol. The monoisotopic (exact) mass is 562 g/mol. The Balaban J connectivity index is 1.77. The van der Waals surface area contributed by atoms with Gasteiger partial charge >= 0.3 is 6.16 Å². The lowest BCUT2D eigenvalue weighted by Gasteiger charge is -2.28. The number of aromatic amines is 1. The van der Waals surface area contributed by atoms with Crippen LogP contribution in [0.15, 0.2) is 29.4 Å². The van der Waals surface area contributed by atoms with Crippen molar-refractivity contribution in [3.05, 3.63) is 34.6 Å². The van der Waals surface area contributed by atoms with E-state index in [9.17, 15) is 18.0 Å². The Hall–Kier alpha value is -2.74. The first kappa shape index (κ1) is 27.8. The number of rotatable bonds is 11. The number of amides is 1. The fraction of sp³-hybridized carbons (Fsp3) is 0.476. The highest BCUT2D eigenvalue weighted by Gasteiger charge is 2.37. The summed E-state index contributed by atoms with van der Waals surface area (Å²) in [5, 5.41) is 2.99. The van der Waals surface area contributed by atoms with Crippen molar-refractivity contribution < 1.29 is 27.5 Å². The maximum Gasteiger partial charge on any atom is 0.510 e. The SMILES string of the molecule is CCOC(=O)O[C@@H]1CCCN1C(=O)[C@H](CCCNc1ncc[nH]1)NS(=O)(=O)c1cc(Cl)c(N)c(Cl)c1. The topological polar surface area (TPSA) is 169 Å². The molecule has 0 saturated carbocycles. The molecule has 5 N–H and O–H groups in total. The van der Waals surface area contributed by atoms with Crippen molar-refractivity contribution in [1.29, 1.82) is 0 Å². The van der Waals surface area contributed by atoms with Crippen molar-refractivity contribution in [3.63, 3.8) is 0 Å². The van der Waals surface area contributed by atoms with Crippen LogP contribution in [-0.4, -0.2) is 67.3 Å². The number of nitrogens with one attached hydrogen (secondary N) is 3. The van der Waals surface area contributed by atoms with E-state index < -0.39 is 34.4 Å². The molecule has 1 amide bonds. The van der Waals surface area contributed by atoms with Crippen LogP contribution < -0.4 is 15.8 Å². The lowest BCUT2D eigenvalue weighted by Crippen LogP contribution is -2.51. The van der Waals surface area contributed by atoms with Crippen LogP contribution in [0.4, 0.5) is 16.4 Å². The van der Waals surface area contributed by atoms with Gasteiger partial charge in [-0.05, 0) is 38.3 Å². The van der Waals surface area contributed by atoms with Gasteiger partial charge in [-0.25, -0.2) is 18.2 Å². The summed E-state index contributed by atoms with van der Waals surface area (Å²) in [4.78, 5) is 33.3. The number of anilines is 2. The summed E-state index contributed by atoms with van der Waals surface area (Å²) < 4.78 is 38.9. The fourth-order valence-electron chi connectivity index (χ4n) is 3.65. The number of hydrogen-bond donors (Lipinski definition) is 4. The van der Waals surface area contributed by atoms with Crippen LogP contribution in [0, 0.1) is 0 Å². The summed E-state index contributed by atoms with van der Waals surface area (Å²) in [7, 11) is -4.22. The van der Waals surface area contributed by atoms with Gasteiger partial charge in [-0.15, -0.1) is 0 Å². The lowest BCUT2D eigenvalue weighted by atomic mass is 10.1. The number of nitrogen functional groups attached to an aromatic ring is 1. The molecule has 1 fully saturated rings. The maximum absolute atomic E-state index is 13.5. The summed E-state index contributed by atoms with van der Waals surface area (Å²) in [6.07, 6.45) is 3.04. The zero-order valence-electron chi connectivity index (χ0n) is 19.5. The number of hydrogen-bond acceptors (Lipinski definition) is 9. The third-order valence-electron chi connectivity index (χ3n) is 5.39. The Kier molecular flexibility index (Phi) is 9.65. The predicted octanol–water partition coefficient (Wildman–Crippen LogP) is 2.96. The number of likely N-dealkylation sites (tertiary alicyclic amines) is 1. The number of H-pyrrole nitrogens is 1. The summed E-state index contributed by atoms with van der Waals surface area (Å²) >= 11 is 12.0. The molecule has 1 saturated heterocycles. The highest BCUT2D eigenvalue weighted by Crippen LogP contribution is 2.31. The highest BCUT2D eigenvalue weighted by molar-refractivity contribution is 7.89. The van der Waals surface area contributed by atoms with E-state index >= 15 is 0 Å². The molecule has 198 valence electrons. The van der Waals surface area contributed by atoms with Gasteiger partial charge in [0.05, 0.1) is 27.2 Å². The number of carbonyl (C=O) groups excluding carboxylic acids is 2. The van der Waals surface area contributed by atoms with Gasteiger partial charge in [0.15, 0.2) is 12.2 Å². The van der Waals surface area contributed by atoms with Gasteiger partial charge in [-0.1, -0.05) is 23.2 Å². The molecule has 12 nitrogen and oxygen atoms in total. The van der Waals surface area contributed by atoms with Gasteiger partial charge in [0.25, 0.3) is 0 Å². The van der Waals surface area contributed by atoms with E-state index in [0.717, 1.165) is 12.1 Å². The van der Waals surface area contributed by atoms with Crippen LogP contribution in [0.25, 0.3) is 0 Å². The van der Waals surface area contributed by atoms with Crippen molar-refractivity contribution >= 4 is 56.9 Å². The molecule has 36 heavy (non-hydrogen) atoms. The zero-order valence-corrected chi connectivity index (χ0v) is 21.8. The molecule has 2 atom stereocenters. The smallest absolute Gasteiger partial charge is 0.435 e. The van der Waals surface area contributed by atoms with Gasteiger partial charge in [0, 0.05) is 31.9 Å². The van der Waals surface area contributed by atoms with Crippen molar-refractivity contribution in [2.24, 2.45) is 0 Å². The summed E-state index contributed by atoms with van der Waals surface area (Å²) in [6, 6.07) is 1.16. The molecule has 0 bridgehead atoms. The second-order valence-corrected chi connectivity index (χ2v) is 10.4. The van der Waals surface area contributed by atoms with Crippen LogP contribution in [0.1, 0.15) is 32.6 Å². The highest BCUT2D eigenvalue weighted by atomic mass is 35.5. The minimum absolute atomic E-state index is 0.0316. The second kappa shape index (κ2) is 12.5. The molecule has 1 aliphatic heterocycles. The van der Waals surface area contributed by atoms with Crippen LogP contribution in [0.3, 0.4) is 0 Å². The Morgan fingerprint density at radius 3 is 2.69 bits per heavy atom. The molecule has 0 radical (unpaired) electrons. The first-order chi connectivity index (χ1) is 17.1. The molecule has 0 unspecified atom stereocenters. The van der Waals surface area contributed by atoms with Crippen LogP contribution in [0.2, 0.25) is 10.0 Å². The molecule has 2 aromatic rings. The van der Waals surface area contributed by atoms with E-state index in [0.29, 0.717) is 38.3 Å².